The molecule has 0 aromatic heterocycles. The summed E-state index contributed by atoms with van der Waals surface area (Å²) in [6, 6.07) is 0.913. The molecular formula is C11H21N3. The third-order valence-electron chi connectivity index (χ3n) is 4.21. The number of nitrogens with zero attached hydrogens (tertiary/aromatic N) is 2. The first-order valence-electron chi connectivity index (χ1n) is 6.10. The quantitative estimate of drug-likeness (QED) is 0.635. The lowest BCUT2D eigenvalue weighted by Crippen LogP contribution is -2.53. The molecule has 14 heavy (non-hydrogen) atoms. The van der Waals surface area contributed by atoms with Gasteiger partial charge in [-0.05, 0) is 31.8 Å². The van der Waals surface area contributed by atoms with E-state index in [2.05, 4.69) is 15.1 Å². The summed E-state index contributed by atoms with van der Waals surface area (Å²) < 4.78 is 0. The molecule has 3 unspecified atom stereocenters. The molecule has 0 amide bonds. The summed E-state index contributed by atoms with van der Waals surface area (Å²) in [5.41, 5.74) is 0. The number of nitrogens with one attached hydrogen (secondary N) is 1. The number of piperidine rings is 1. The van der Waals surface area contributed by atoms with Crippen LogP contribution in [0.5, 0.6) is 0 Å². The van der Waals surface area contributed by atoms with Gasteiger partial charge in [0.05, 0.1) is 0 Å². The Labute approximate surface area is 86.4 Å². The smallest absolute Gasteiger partial charge is 0.0149 e. The summed E-state index contributed by atoms with van der Waals surface area (Å²) >= 11 is 0. The summed E-state index contributed by atoms with van der Waals surface area (Å²) in [5.74, 6) is 0.988. The molecule has 3 nitrogen and oxygen atoms in total. The first kappa shape index (κ1) is 9.13. The van der Waals surface area contributed by atoms with Gasteiger partial charge in [0.1, 0.15) is 0 Å². The van der Waals surface area contributed by atoms with Crippen molar-refractivity contribution in [2.24, 2.45) is 5.92 Å². The molecule has 3 heteroatoms. The Morgan fingerprint density at radius 2 is 1.71 bits per heavy atom. The number of hydrogen-bond acceptors (Lipinski definition) is 3. The first-order chi connectivity index (χ1) is 6.93. The zero-order valence-corrected chi connectivity index (χ0v) is 8.91. The van der Waals surface area contributed by atoms with Gasteiger partial charge >= 0.3 is 0 Å². The molecule has 3 rings (SSSR count). The Morgan fingerprint density at radius 3 is 2.57 bits per heavy atom. The second kappa shape index (κ2) is 3.80. The molecule has 0 radical (unpaired) electrons. The van der Waals surface area contributed by atoms with E-state index in [1.54, 1.807) is 0 Å². The normalized spacial score (nSPS) is 44.1. The summed E-state index contributed by atoms with van der Waals surface area (Å²) in [5, 5.41) is 3.44. The van der Waals surface area contributed by atoms with E-state index >= 15 is 0 Å². The Hall–Kier alpha value is -0.120. The van der Waals surface area contributed by atoms with Crippen LogP contribution in [-0.4, -0.2) is 61.7 Å². The molecule has 1 N–H and O–H groups in total. The predicted molar refractivity (Wildman–Crippen MR) is 57.4 cm³/mol. The lowest BCUT2D eigenvalue weighted by atomic mass is 9.92. The predicted octanol–water partition coefficient (Wildman–Crippen LogP) is -0.0142. The fraction of sp³-hybridized carbons (Fsp3) is 1.00. The minimum absolute atomic E-state index is 0.913. The molecule has 0 saturated carbocycles. The second-order valence-electron chi connectivity index (χ2n) is 4.99. The molecule has 3 heterocycles. The van der Waals surface area contributed by atoms with Gasteiger partial charge in [-0.3, -0.25) is 4.90 Å². The molecule has 3 aliphatic rings. The van der Waals surface area contributed by atoms with Crippen LogP contribution in [0, 0.1) is 5.92 Å². The van der Waals surface area contributed by atoms with Crippen molar-refractivity contribution in [1.82, 2.24) is 15.1 Å². The van der Waals surface area contributed by atoms with Crippen molar-refractivity contribution in [2.75, 3.05) is 45.8 Å². The highest BCUT2D eigenvalue weighted by Gasteiger charge is 2.37. The van der Waals surface area contributed by atoms with Gasteiger partial charge in [-0.1, -0.05) is 0 Å². The van der Waals surface area contributed by atoms with Gasteiger partial charge in [0.25, 0.3) is 0 Å². The van der Waals surface area contributed by atoms with Crippen molar-refractivity contribution in [3.63, 3.8) is 0 Å². The fourth-order valence-electron chi connectivity index (χ4n) is 3.42. The minimum Gasteiger partial charge on any atom is -0.314 e. The van der Waals surface area contributed by atoms with Crippen LogP contribution in [0.1, 0.15) is 12.8 Å². The molecule has 0 spiro atoms. The van der Waals surface area contributed by atoms with E-state index < -0.39 is 0 Å². The zero-order chi connectivity index (χ0) is 9.38. The summed E-state index contributed by atoms with van der Waals surface area (Å²) in [6.45, 7) is 9.06. The van der Waals surface area contributed by atoms with Crippen molar-refractivity contribution >= 4 is 0 Å². The van der Waals surface area contributed by atoms with Gasteiger partial charge in [0, 0.05) is 38.8 Å². The topological polar surface area (TPSA) is 18.5 Å². The first-order valence-corrected chi connectivity index (χ1v) is 6.10. The SMILES string of the molecule is C1CN(C2CCN3CCC2C3)CCN1. The zero-order valence-electron chi connectivity index (χ0n) is 8.91. The van der Waals surface area contributed by atoms with Crippen LogP contribution in [-0.2, 0) is 0 Å². The molecule has 3 aliphatic heterocycles. The molecule has 3 saturated heterocycles. The number of hydrogen-bond donors (Lipinski definition) is 1. The average Bonchev–Trinajstić information content (AvgIpc) is 2.62. The Balaban J connectivity index is 1.65. The Bertz CT molecular complexity index is 201. The third-order valence-corrected chi connectivity index (χ3v) is 4.21. The van der Waals surface area contributed by atoms with Gasteiger partial charge in [0.2, 0.25) is 0 Å². The summed E-state index contributed by atoms with van der Waals surface area (Å²) in [6.07, 6.45) is 2.87. The van der Waals surface area contributed by atoms with Crippen molar-refractivity contribution in [2.45, 2.75) is 18.9 Å². The van der Waals surface area contributed by atoms with Crippen LogP contribution < -0.4 is 5.32 Å². The Morgan fingerprint density at radius 1 is 0.929 bits per heavy atom. The van der Waals surface area contributed by atoms with Gasteiger partial charge in [-0.2, -0.15) is 0 Å². The molecular weight excluding hydrogens is 174 g/mol. The van der Waals surface area contributed by atoms with Crippen molar-refractivity contribution in [1.29, 1.82) is 0 Å². The molecule has 3 atom stereocenters. The van der Waals surface area contributed by atoms with E-state index in [-0.39, 0.29) is 0 Å². The van der Waals surface area contributed by atoms with E-state index in [9.17, 15) is 0 Å². The van der Waals surface area contributed by atoms with Crippen molar-refractivity contribution in [3.05, 3.63) is 0 Å². The molecule has 2 bridgehead atoms. The number of fused-ring (bicyclic) bond motifs is 2. The summed E-state index contributed by atoms with van der Waals surface area (Å²) in [4.78, 5) is 5.38. The molecule has 80 valence electrons. The van der Waals surface area contributed by atoms with Gasteiger partial charge in [-0.25, -0.2) is 0 Å². The molecule has 0 aliphatic carbocycles. The summed E-state index contributed by atoms with van der Waals surface area (Å²) in [7, 11) is 0. The largest absolute Gasteiger partial charge is 0.314 e. The minimum atomic E-state index is 0.913. The third kappa shape index (κ3) is 1.58. The molecule has 3 fully saturated rings. The van der Waals surface area contributed by atoms with Crippen LogP contribution in [0.25, 0.3) is 0 Å². The van der Waals surface area contributed by atoms with Crippen LogP contribution in [0.15, 0.2) is 0 Å². The monoisotopic (exact) mass is 195 g/mol. The maximum Gasteiger partial charge on any atom is 0.0149 e. The van der Waals surface area contributed by atoms with Gasteiger partial charge < -0.3 is 10.2 Å². The van der Waals surface area contributed by atoms with E-state index in [4.69, 9.17) is 0 Å². The van der Waals surface area contributed by atoms with E-state index in [0.29, 0.717) is 0 Å². The van der Waals surface area contributed by atoms with Gasteiger partial charge in [0.15, 0.2) is 0 Å². The van der Waals surface area contributed by atoms with E-state index in [0.717, 1.165) is 12.0 Å². The highest BCUT2D eigenvalue weighted by atomic mass is 15.3. The molecule has 0 aromatic rings. The lowest BCUT2D eigenvalue weighted by Gasteiger charge is -2.41. The van der Waals surface area contributed by atoms with E-state index in [1.807, 2.05) is 0 Å². The average molecular weight is 195 g/mol. The number of piperazine rings is 1. The van der Waals surface area contributed by atoms with Crippen molar-refractivity contribution in [3.8, 4) is 0 Å². The number of rotatable bonds is 1. The van der Waals surface area contributed by atoms with Crippen molar-refractivity contribution < 1.29 is 0 Å². The lowest BCUT2D eigenvalue weighted by molar-refractivity contribution is 0.0888. The maximum absolute atomic E-state index is 3.44. The highest BCUT2D eigenvalue weighted by Crippen LogP contribution is 2.30. The van der Waals surface area contributed by atoms with E-state index in [1.165, 1.54) is 58.7 Å². The van der Waals surface area contributed by atoms with Crippen LogP contribution >= 0.6 is 0 Å². The maximum atomic E-state index is 3.44. The van der Waals surface area contributed by atoms with Crippen LogP contribution in [0.3, 0.4) is 0 Å². The van der Waals surface area contributed by atoms with Gasteiger partial charge in [-0.15, -0.1) is 0 Å². The fourth-order valence-corrected chi connectivity index (χ4v) is 3.42. The standard InChI is InChI=1S/C11H21N3/c1-5-13-6-2-11(10(1)9-13)14-7-3-12-4-8-14/h10-12H,1-9H2. The molecule has 0 aromatic carbocycles. The highest BCUT2D eigenvalue weighted by molar-refractivity contribution is 4.93. The Kier molecular flexibility index (Phi) is 2.48. The second-order valence-corrected chi connectivity index (χ2v) is 4.99. The van der Waals surface area contributed by atoms with Crippen LogP contribution in [0.2, 0.25) is 0 Å². The van der Waals surface area contributed by atoms with Crippen LogP contribution in [0.4, 0.5) is 0 Å².